The number of imidazole rings is 1. The molecule has 1 N–H and O–H groups in total. The molecule has 0 spiro atoms. The molecule has 2 aromatic heterocycles. The highest BCUT2D eigenvalue weighted by Gasteiger charge is 2.07. The number of fused-ring (bicyclic) bond motifs is 1. The molecule has 27 heavy (non-hydrogen) atoms. The molecule has 1 amide bonds. The van der Waals surface area contributed by atoms with Crippen molar-refractivity contribution >= 4 is 40.0 Å². The highest BCUT2D eigenvalue weighted by Crippen LogP contribution is 2.18. The average molecular weight is 394 g/mol. The van der Waals surface area contributed by atoms with Gasteiger partial charge in [-0.1, -0.05) is 12.1 Å². The molecule has 0 aliphatic heterocycles. The number of hydrogen-bond donors (Lipinski definition) is 1. The Morgan fingerprint density at radius 1 is 1.11 bits per heavy atom. The summed E-state index contributed by atoms with van der Waals surface area (Å²) >= 11 is 3.55. The minimum atomic E-state index is -0.0341. The van der Waals surface area contributed by atoms with Crippen LogP contribution in [0.5, 0.6) is 0 Å². The van der Waals surface area contributed by atoms with Crippen LogP contribution in [0.4, 0.5) is 0 Å². The number of benzene rings is 2. The summed E-state index contributed by atoms with van der Waals surface area (Å²) in [5, 5.41) is 7.24. The second-order valence-corrected chi connectivity index (χ2v) is 7.98. The second-order valence-electron chi connectivity index (χ2n) is 6.09. The number of nitrogens with zero attached hydrogens (tertiary/aromatic N) is 2. The van der Waals surface area contributed by atoms with Gasteiger partial charge in [-0.2, -0.15) is 23.1 Å². The van der Waals surface area contributed by atoms with E-state index in [2.05, 4.69) is 27.1 Å². The molecule has 4 aromatic rings. The molecule has 0 radical (unpaired) electrons. The molecule has 0 aliphatic carbocycles. The first-order valence-corrected chi connectivity index (χ1v) is 10.8. The fraction of sp³-hybridized carbons (Fsp3) is 0.143. The van der Waals surface area contributed by atoms with E-state index in [9.17, 15) is 4.79 Å². The van der Waals surface area contributed by atoms with Crippen molar-refractivity contribution in [3.05, 3.63) is 82.8 Å². The van der Waals surface area contributed by atoms with Crippen molar-refractivity contribution in [2.45, 2.75) is 5.75 Å². The maximum absolute atomic E-state index is 12.3. The molecular weight excluding hydrogens is 374 g/mol. The Bertz CT molecular complexity index is 1020. The summed E-state index contributed by atoms with van der Waals surface area (Å²) in [6, 6.07) is 17.8. The lowest BCUT2D eigenvalue weighted by Gasteiger charge is -2.07. The molecule has 0 atom stereocenters. The molecule has 2 heterocycles. The Labute approximate surface area is 166 Å². The van der Waals surface area contributed by atoms with Gasteiger partial charge in [0, 0.05) is 29.3 Å². The molecule has 0 saturated carbocycles. The Hall–Kier alpha value is -2.57. The SMILES string of the molecule is O=C(NCCSCc1ccsc1)c1ccc(-n2cnc3ccccc32)cc1. The normalized spacial score (nSPS) is 11.0. The molecule has 6 heteroatoms. The minimum absolute atomic E-state index is 0.0341. The predicted octanol–water partition coefficient (Wildman–Crippen LogP) is 4.75. The summed E-state index contributed by atoms with van der Waals surface area (Å²) in [4.78, 5) is 16.7. The summed E-state index contributed by atoms with van der Waals surface area (Å²) in [6.07, 6.45) is 1.81. The third-order valence-corrected chi connectivity index (χ3v) is 6.00. The smallest absolute Gasteiger partial charge is 0.251 e. The standard InChI is InChI=1S/C21H19N3OS2/c25-21(22-10-12-27-14-16-9-11-26-13-16)17-5-7-18(8-6-17)24-15-23-19-3-1-2-4-20(19)24/h1-9,11,13,15H,10,12,14H2,(H,22,25). The number of carbonyl (C=O) groups excluding carboxylic acids is 1. The molecule has 2 aromatic carbocycles. The number of amides is 1. The van der Waals surface area contributed by atoms with Crippen molar-refractivity contribution in [2.24, 2.45) is 0 Å². The van der Waals surface area contributed by atoms with E-state index in [0.717, 1.165) is 28.2 Å². The van der Waals surface area contributed by atoms with Crippen molar-refractivity contribution in [3.8, 4) is 5.69 Å². The molecule has 0 saturated heterocycles. The van der Waals surface area contributed by atoms with Gasteiger partial charge < -0.3 is 5.32 Å². The molecule has 0 bridgehead atoms. The van der Waals surface area contributed by atoms with Crippen LogP contribution >= 0.6 is 23.1 Å². The molecular formula is C21H19N3OS2. The van der Waals surface area contributed by atoms with Crippen LogP contribution in [-0.4, -0.2) is 27.8 Å². The van der Waals surface area contributed by atoms with Crippen molar-refractivity contribution in [1.29, 1.82) is 0 Å². The van der Waals surface area contributed by atoms with E-state index in [0.29, 0.717) is 12.1 Å². The van der Waals surface area contributed by atoms with Gasteiger partial charge in [-0.25, -0.2) is 4.98 Å². The zero-order valence-electron chi connectivity index (χ0n) is 14.7. The fourth-order valence-corrected chi connectivity index (χ4v) is 4.42. The third kappa shape index (κ3) is 4.23. The zero-order chi connectivity index (χ0) is 18.5. The highest BCUT2D eigenvalue weighted by atomic mass is 32.2. The summed E-state index contributed by atoms with van der Waals surface area (Å²) in [6.45, 7) is 0.668. The number of carbonyl (C=O) groups is 1. The maximum Gasteiger partial charge on any atom is 0.251 e. The van der Waals surface area contributed by atoms with E-state index in [-0.39, 0.29) is 5.91 Å². The van der Waals surface area contributed by atoms with Crippen LogP contribution in [0.25, 0.3) is 16.7 Å². The van der Waals surface area contributed by atoms with E-state index in [1.54, 1.807) is 11.3 Å². The van der Waals surface area contributed by atoms with Crippen molar-refractivity contribution in [2.75, 3.05) is 12.3 Å². The lowest BCUT2D eigenvalue weighted by molar-refractivity contribution is 0.0956. The molecule has 0 aliphatic rings. The number of rotatable bonds is 7. The van der Waals surface area contributed by atoms with Gasteiger partial charge in [0.25, 0.3) is 5.91 Å². The van der Waals surface area contributed by atoms with Gasteiger partial charge in [-0.3, -0.25) is 9.36 Å². The number of thioether (sulfide) groups is 1. The van der Waals surface area contributed by atoms with E-state index in [4.69, 9.17) is 0 Å². The number of para-hydroxylation sites is 2. The molecule has 4 nitrogen and oxygen atoms in total. The van der Waals surface area contributed by atoms with Crippen LogP contribution in [-0.2, 0) is 5.75 Å². The minimum Gasteiger partial charge on any atom is -0.351 e. The van der Waals surface area contributed by atoms with Crippen LogP contribution in [0.1, 0.15) is 15.9 Å². The van der Waals surface area contributed by atoms with Gasteiger partial charge >= 0.3 is 0 Å². The first kappa shape index (κ1) is 17.8. The first-order chi connectivity index (χ1) is 13.3. The van der Waals surface area contributed by atoms with Gasteiger partial charge in [-0.05, 0) is 58.8 Å². The number of aromatic nitrogens is 2. The van der Waals surface area contributed by atoms with Gasteiger partial charge in [0.1, 0.15) is 6.33 Å². The van der Waals surface area contributed by atoms with Crippen LogP contribution < -0.4 is 5.32 Å². The second kappa shape index (κ2) is 8.41. The summed E-state index contributed by atoms with van der Waals surface area (Å²) in [5.74, 6) is 1.86. The summed E-state index contributed by atoms with van der Waals surface area (Å²) in [7, 11) is 0. The molecule has 0 unspecified atom stereocenters. The van der Waals surface area contributed by atoms with E-state index in [1.165, 1.54) is 5.56 Å². The summed E-state index contributed by atoms with van der Waals surface area (Å²) < 4.78 is 2.03. The van der Waals surface area contributed by atoms with Crippen LogP contribution in [0.3, 0.4) is 0 Å². The summed E-state index contributed by atoms with van der Waals surface area (Å²) in [5.41, 5.74) is 5.02. The molecule has 4 rings (SSSR count). The third-order valence-electron chi connectivity index (χ3n) is 4.24. The van der Waals surface area contributed by atoms with Crippen LogP contribution in [0.15, 0.2) is 71.7 Å². The highest BCUT2D eigenvalue weighted by molar-refractivity contribution is 7.98. The van der Waals surface area contributed by atoms with Gasteiger partial charge in [0.2, 0.25) is 0 Å². The van der Waals surface area contributed by atoms with E-state index in [1.807, 2.05) is 71.2 Å². The number of nitrogens with one attached hydrogen (secondary N) is 1. The van der Waals surface area contributed by atoms with Crippen molar-refractivity contribution in [3.63, 3.8) is 0 Å². The molecule has 0 fully saturated rings. The van der Waals surface area contributed by atoms with Gasteiger partial charge in [-0.15, -0.1) is 0 Å². The lowest BCUT2D eigenvalue weighted by atomic mass is 10.2. The van der Waals surface area contributed by atoms with E-state index >= 15 is 0 Å². The number of hydrogen-bond acceptors (Lipinski definition) is 4. The quantitative estimate of drug-likeness (QED) is 0.461. The zero-order valence-corrected chi connectivity index (χ0v) is 16.3. The Morgan fingerprint density at radius 3 is 2.78 bits per heavy atom. The van der Waals surface area contributed by atoms with E-state index < -0.39 is 0 Å². The van der Waals surface area contributed by atoms with Crippen molar-refractivity contribution < 1.29 is 4.79 Å². The monoisotopic (exact) mass is 393 g/mol. The Balaban J connectivity index is 1.32. The Kier molecular flexibility index (Phi) is 5.55. The number of thiophene rings is 1. The van der Waals surface area contributed by atoms with Gasteiger partial charge in [0.05, 0.1) is 11.0 Å². The van der Waals surface area contributed by atoms with Crippen LogP contribution in [0, 0.1) is 0 Å². The largest absolute Gasteiger partial charge is 0.351 e. The average Bonchev–Trinajstić information content (AvgIpc) is 3.37. The van der Waals surface area contributed by atoms with Crippen molar-refractivity contribution in [1.82, 2.24) is 14.9 Å². The van der Waals surface area contributed by atoms with Crippen LogP contribution in [0.2, 0.25) is 0 Å². The molecule has 136 valence electrons. The maximum atomic E-state index is 12.3. The fourth-order valence-electron chi connectivity index (χ4n) is 2.84. The lowest BCUT2D eigenvalue weighted by Crippen LogP contribution is -2.25. The topological polar surface area (TPSA) is 46.9 Å². The van der Waals surface area contributed by atoms with Gasteiger partial charge in [0.15, 0.2) is 0 Å². The Morgan fingerprint density at radius 2 is 1.96 bits per heavy atom. The predicted molar refractivity (Wildman–Crippen MR) is 114 cm³/mol. The first-order valence-electron chi connectivity index (χ1n) is 8.71.